The normalized spacial score (nSPS) is 12.4. The summed E-state index contributed by atoms with van der Waals surface area (Å²) in [5, 5.41) is 23.4. The summed E-state index contributed by atoms with van der Waals surface area (Å²) in [5.41, 5.74) is 0. The lowest BCUT2D eigenvalue weighted by Crippen LogP contribution is -2.45. The molecule has 0 aliphatic rings. The molecule has 6 heteroatoms. The predicted molar refractivity (Wildman–Crippen MR) is 394 cm³/mol. The van der Waals surface area contributed by atoms with Crippen LogP contribution in [-0.2, 0) is 14.3 Å². The molecule has 0 aromatic heterocycles. The molecule has 0 heterocycles. The molecular weight excluding hydrogens is 1090 g/mol. The van der Waals surface area contributed by atoms with E-state index >= 15 is 0 Å². The molecule has 0 spiro atoms. The van der Waals surface area contributed by atoms with Gasteiger partial charge in [-0.3, -0.25) is 9.59 Å². The third-order valence-electron chi connectivity index (χ3n) is 19.8. The minimum Gasteiger partial charge on any atom is -0.466 e. The summed E-state index contributed by atoms with van der Waals surface area (Å²) < 4.78 is 5.52. The van der Waals surface area contributed by atoms with Gasteiger partial charge in [-0.15, -0.1) is 0 Å². The molecule has 1 amide bonds. The fraction of sp³-hybridized carbons (Fsp3) is 0.952. The summed E-state index contributed by atoms with van der Waals surface area (Å²) in [6.07, 6.45) is 100. The number of amides is 1. The van der Waals surface area contributed by atoms with E-state index in [2.05, 4.69) is 31.3 Å². The third kappa shape index (κ3) is 75.5. The molecule has 0 aliphatic carbocycles. The quantitative estimate of drug-likeness (QED) is 0.0320. The van der Waals surface area contributed by atoms with Gasteiger partial charge < -0.3 is 20.3 Å². The molecule has 0 saturated heterocycles. The number of hydrogen-bond donors (Lipinski definition) is 3. The van der Waals surface area contributed by atoms with Crippen molar-refractivity contribution in [3.8, 4) is 0 Å². The lowest BCUT2D eigenvalue weighted by molar-refractivity contribution is -0.143. The lowest BCUT2D eigenvalue weighted by Gasteiger charge is -2.22. The molecule has 0 radical (unpaired) electrons. The SMILES string of the molecule is CCCCCCCCCCCCCCCCCCCCC(=O)OCCCCCCCCCCCCCCCCCCCC/C=C\CCCCCCCCCCCCCCCCCCCC(=O)NC(CO)C(O)CCCCCCCCCCCCCCCCC. The smallest absolute Gasteiger partial charge is 0.305 e. The van der Waals surface area contributed by atoms with E-state index < -0.39 is 12.1 Å². The molecule has 2 unspecified atom stereocenters. The van der Waals surface area contributed by atoms with Crippen LogP contribution in [0.5, 0.6) is 0 Å². The molecule has 0 bridgehead atoms. The molecular formula is C83H163NO5. The number of carbonyl (C=O) groups excluding carboxylic acids is 2. The van der Waals surface area contributed by atoms with Gasteiger partial charge in [-0.1, -0.05) is 431 Å². The fourth-order valence-corrected chi connectivity index (χ4v) is 13.5. The molecule has 0 rings (SSSR count). The number of carbonyl (C=O) groups is 2. The van der Waals surface area contributed by atoms with Gasteiger partial charge in [0.05, 0.1) is 25.4 Å². The monoisotopic (exact) mass is 1250 g/mol. The second-order valence-corrected chi connectivity index (χ2v) is 28.8. The van der Waals surface area contributed by atoms with Crippen LogP contribution in [0.2, 0.25) is 0 Å². The molecule has 0 aliphatic heterocycles. The van der Waals surface area contributed by atoms with E-state index in [1.807, 2.05) is 0 Å². The molecule has 89 heavy (non-hydrogen) atoms. The number of allylic oxidation sites excluding steroid dienone is 2. The first kappa shape index (κ1) is 87.6. The summed E-state index contributed by atoms with van der Waals surface area (Å²) in [7, 11) is 0. The standard InChI is InChI=1S/C83H163NO5/c1-3-5-7-9-11-13-15-17-19-20-45-49-53-57-61-65-69-73-77-83(88)89-78-74-70-66-62-58-54-50-46-43-41-39-37-35-33-31-29-27-25-23-21-22-24-26-28-30-32-34-36-38-40-42-44-48-52-56-60-64-68-72-76-82(87)84-80(79-85)81(86)75-71-67-63-59-55-51-47-18-16-14-12-10-8-6-4-2/h21-22,80-81,85-86H,3-20,23-79H2,1-2H3,(H,84,87)/b22-21-. The molecule has 0 aromatic rings. The number of rotatable bonds is 79. The Morgan fingerprint density at radius 1 is 0.303 bits per heavy atom. The number of nitrogens with one attached hydrogen (secondary N) is 1. The first-order valence-corrected chi connectivity index (χ1v) is 41.4. The van der Waals surface area contributed by atoms with Crippen molar-refractivity contribution in [1.82, 2.24) is 5.32 Å². The van der Waals surface area contributed by atoms with Crippen LogP contribution < -0.4 is 5.32 Å². The van der Waals surface area contributed by atoms with Crippen molar-refractivity contribution in [3.05, 3.63) is 12.2 Å². The Bertz CT molecular complexity index is 1350. The summed E-state index contributed by atoms with van der Waals surface area (Å²) in [6, 6.07) is -0.537. The van der Waals surface area contributed by atoms with Gasteiger partial charge in [-0.2, -0.15) is 0 Å². The van der Waals surface area contributed by atoms with Crippen LogP contribution in [0, 0.1) is 0 Å². The first-order valence-electron chi connectivity index (χ1n) is 41.4. The van der Waals surface area contributed by atoms with Crippen LogP contribution in [-0.4, -0.2) is 47.4 Å². The Kier molecular flexibility index (Phi) is 77.8. The Morgan fingerprint density at radius 2 is 0.528 bits per heavy atom. The van der Waals surface area contributed by atoms with Gasteiger partial charge in [0, 0.05) is 12.8 Å². The van der Waals surface area contributed by atoms with Gasteiger partial charge in [0.15, 0.2) is 0 Å². The Hall–Kier alpha value is -1.40. The van der Waals surface area contributed by atoms with Crippen LogP contribution >= 0.6 is 0 Å². The van der Waals surface area contributed by atoms with Gasteiger partial charge in [-0.25, -0.2) is 0 Å². The lowest BCUT2D eigenvalue weighted by atomic mass is 10.0. The van der Waals surface area contributed by atoms with Crippen molar-refractivity contribution in [1.29, 1.82) is 0 Å². The molecule has 530 valence electrons. The average molecular weight is 1260 g/mol. The second-order valence-electron chi connectivity index (χ2n) is 28.8. The van der Waals surface area contributed by atoms with Gasteiger partial charge >= 0.3 is 5.97 Å². The van der Waals surface area contributed by atoms with E-state index in [0.717, 1.165) is 38.5 Å². The highest BCUT2D eigenvalue weighted by Gasteiger charge is 2.20. The maximum absolute atomic E-state index is 12.5. The minimum atomic E-state index is -0.660. The van der Waals surface area contributed by atoms with Crippen molar-refractivity contribution in [2.45, 2.75) is 495 Å². The largest absolute Gasteiger partial charge is 0.466 e. The zero-order valence-corrected chi connectivity index (χ0v) is 61.0. The van der Waals surface area contributed by atoms with Crippen molar-refractivity contribution in [3.63, 3.8) is 0 Å². The molecule has 6 nitrogen and oxygen atoms in total. The van der Waals surface area contributed by atoms with Crippen molar-refractivity contribution in [2.75, 3.05) is 13.2 Å². The van der Waals surface area contributed by atoms with Gasteiger partial charge in [0.25, 0.3) is 0 Å². The molecule has 0 fully saturated rings. The third-order valence-corrected chi connectivity index (χ3v) is 19.8. The number of aliphatic hydroxyl groups is 2. The number of esters is 1. The van der Waals surface area contributed by atoms with Crippen LogP contribution in [0.15, 0.2) is 12.2 Å². The summed E-state index contributed by atoms with van der Waals surface area (Å²) in [4.78, 5) is 24.7. The molecule has 2 atom stereocenters. The maximum Gasteiger partial charge on any atom is 0.305 e. The Balaban J connectivity index is 3.29. The minimum absolute atomic E-state index is 0.0266. The van der Waals surface area contributed by atoms with Crippen LogP contribution in [0.25, 0.3) is 0 Å². The van der Waals surface area contributed by atoms with Crippen molar-refractivity contribution < 1.29 is 24.5 Å². The molecule has 0 saturated carbocycles. The van der Waals surface area contributed by atoms with E-state index in [9.17, 15) is 19.8 Å². The summed E-state index contributed by atoms with van der Waals surface area (Å²) >= 11 is 0. The summed E-state index contributed by atoms with van der Waals surface area (Å²) in [6.45, 7) is 5.01. The van der Waals surface area contributed by atoms with E-state index in [0.29, 0.717) is 25.9 Å². The first-order chi connectivity index (χ1) is 44.0. The van der Waals surface area contributed by atoms with E-state index in [1.54, 1.807) is 0 Å². The Morgan fingerprint density at radius 3 is 0.798 bits per heavy atom. The highest BCUT2D eigenvalue weighted by molar-refractivity contribution is 5.76. The highest BCUT2D eigenvalue weighted by Crippen LogP contribution is 2.21. The van der Waals surface area contributed by atoms with Gasteiger partial charge in [0.2, 0.25) is 5.91 Å². The van der Waals surface area contributed by atoms with Gasteiger partial charge in [0.1, 0.15) is 0 Å². The van der Waals surface area contributed by atoms with Crippen molar-refractivity contribution >= 4 is 11.9 Å². The fourth-order valence-electron chi connectivity index (χ4n) is 13.5. The van der Waals surface area contributed by atoms with Crippen LogP contribution in [0.1, 0.15) is 483 Å². The number of hydrogen-bond acceptors (Lipinski definition) is 5. The van der Waals surface area contributed by atoms with Crippen LogP contribution in [0.4, 0.5) is 0 Å². The van der Waals surface area contributed by atoms with Crippen LogP contribution in [0.3, 0.4) is 0 Å². The number of ether oxygens (including phenoxy) is 1. The Labute approximate surface area is 559 Å². The predicted octanol–water partition coefficient (Wildman–Crippen LogP) is 27.4. The van der Waals surface area contributed by atoms with E-state index in [-0.39, 0.29) is 18.5 Å². The molecule has 3 N–H and O–H groups in total. The van der Waals surface area contributed by atoms with Gasteiger partial charge in [-0.05, 0) is 51.4 Å². The zero-order valence-electron chi connectivity index (χ0n) is 61.0. The highest BCUT2D eigenvalue weighted by atomic mass is 16.5. The van der Waals surface area contributed by atoms with Crippen molar-refractivity contribution in [2.24, 2.45) is 0 Å². The zero-order chi connectivity index (χ0) is 64.2. The van der Waals surface area contributed by atoms with E-state index in [4.69, 9.17) is 4.74 Å². The van der Waals surface area contributed by atoms with E-state index in [1.165, 1.54) is 411 Å². The number of aliphatic hydroxyl groups excluding tert-OH is 2. The second kappa shape index (κ2) is 79.0. The number of unbranched alkanes of at least 4 members (excludes halogenated alkanes) is 66. The topological polar surface area (TPSA) is 95.9 Å². The average Bonchev–Trinajstić information content (AvgIpc) is 3.59. The summed E-state index contributed by atoms with van der Waals surface area (Å²) in [5.74, 6) is 0.00160. The maximum atomic E-state index is 12.5. The molecule has 0 aromatic carbocycles.